The van der Waals surface area contributed by atoms with Crippen molar-refractivity contribution < 1.29 is 19.0 Å². The van der Waals surface area contributed by atoms with Gasteiger partial charge < -0.3 is 14.2 Å². The highest BCUT2D eigenvalue weighted by Crippen LogP contribution is 2.20. The molecule has 0 spiro atoms. The summed E-state index contributed by atoms with van der Waals surface area (Å²) < 4.78 is 14.8. The molecule has 0 aromatic heterocycles. The first-order valence-corrected chi connectivity index (χ1v) is 4.28. The number of methoxy groups -OCH3 is 3. The second-order valence-corrected chi connectivity index (χ2v) is 2.91. The number of rotatable bonds is 3. The number of esters is 1. The van der Waals surface area contributed by atoms with Crippen molar-refractivity contribution in [2.45, 2.75) is 12.5 Å². The van der Waals surface area contributed by atoms with Crippen LogP contribution in [0.15, 0.2) is 23.5 Å². The molecule has 4 heteroatoms. The molecule has 0 radical (unpaired) electrons. The summed E-state index contributed by atoms with van der Waals surface area (Å²) in [5.41, 5.74) is 0.568. The predicted octanol–water partition coefficient (Wildman–Crippen LogP) is 1.03. The van der Waals surface area contributed by atoms with Crippen molar-refractivity contribution in [2.24, 2.45) is 0 Å². The Balaban J connectivity index is 2.82. The molecule has 14 heavy (non-hydrogen) atoms. The molecule has 1 atom stereocenters. The van der Waals surface area contributed by atoms with Gasteiger partial charge in [0.15, 0.2) is 0 Å². The largest absolute Gasteiger partial charge is 0.497 e. The van der Waals surface area contributed by atoms with E-state index in [-0.39, 0.29) is 12.1 Å². The van der Waals surface area contributed by atoms with E-state index in [0.29, 0.717) is 17.8 Å². The van der Waals surface area contributed by atoms with Crippen LogP contribution in [0.4, 0.5) is 0 Å². The van der Waals surface area contributed by atoms with E-state index >= 15 is 0 Å². The van der Waals surface area contributed by atoms with Crippen LogP contribution in [0.1, 0.15) is 6.42 Å². The molecule has 1 unspecified atom stereocenters. The molecule has 0 aromatic rings. The predicted molar refractivity (Wildman–Crippen MR) is 50.6 cm³/mol. The summed E-state index contributed by atoms with van der Waals surface area (Å²) in [5.74, 6) is 0.290. The normalized spacial score (nSPS) is 20.9. The molecule has 0 fully saturated rings. The lowest BCUT2D eigenvalue weighted by atomic mass is 10.0. The van der Waals surface area contributed by atoms with Crippen LogP contribution in [0.2, 0.25) is 0 Å². The number of carbonyl (C=O) groups excluding carboxylic acids is 1. The van der Waals surface area contributed by atoms with Gasteiger partial charge in [-0.1, -0.05) is 0 Å². The van der Waals surface area contributed by atoms with E-state index in [0.717, 1.165) is 0 Å². The maximum atomic E-state index is 11.3. The molecule has 0 amide bonds. The molecule has 1 aliphatic rings. The van der Waals surface area contributed by atoms with Crippen molar-refractivity contribution in [1.29, 1.82) is 0 Å². The first-order valence-electron chi connectivity index (χ1n) is 4.28. The monoisotopic (exact) mass is 198 g/mol. The van der Waals surface area contributed by atoms with Crippen LogP contribution >= 0.6 is 0 Å². The summed E-state index contributed by atoms with van der Waals surface area (Å²) in [4.78, 5) is 11.3. The summed E-state index contributed by atoms with van der Waals surface area (Å²) in [7, 11) is 4.50. The second kappa shape index (κ2) is 4.81. The Kier molecular flexibility index (Phi) is 3.71. The van der Waals surface area contributed by atoms with E-state index in [4.69, 9.17) is 9.47 Å². The van der Waals surface area contributed by atoms with Crippen molar-refractivity contribution in [3.63, 3.8) is 0 Å². The average Bonchev–Trinajstić information content (AvgIpc) is 2.27. The van der Waals surface area contributed by atoms with E-state index in [1.165, 1.54) is 7.11 Å². The number of carbonyl (C=O) groups is 1. The van der Waals surface area contributed by atoms with Gasteiger partial charge in [0.2, 0.25) is 0 Å². The zero-order chi connectivity index (χ0) is 10.6. The summed E-state index contributed by atoms with van der Waals surface area (Å²) in [6, 6.07) is 0. The van der Waals surface area contributed by atoms with Gasteiger partial charge in [-0.15, -0.1) is 0 Å². The van der Waals surface area contributed by atoms with Crippen molar-refractivity contribution in [1.82, 2.24) is 0 Å². The highest BCUT2D eigenvalue weighted by Gasteiger charge is 2.20. The van der Waals surface area contributed by atoms with Crippen molar-refractivity contribution in [2.75, 3.05) is 21.3 Å². The molecule has 0 saturated carbocycles. The summed E-state index contributed by atoms with van der Waals surface area (Å²) >= 11 is 0. The van der Waals surface area contributed by atoms with Gasteiger partial charge in [-0.3, -0.25) is 0 Å². The maximum Gasteiger partial charge on any atom is 0.333 e. The Morgan fingerprint density at radius 1 is 1.43 bits per heavy atom. The summed E-state index contributed by atoms with van der Waals surface area (Å²) in [5, 5.41) is 0. The lowest BCUT2D eigenvalue weighted by Gasteiger charge is -2.18. The molecule has 4 nitrogen and oxygen atoms in total. The third-order valence-corrected chi connectivity index (χ3v) is 2.07. The molecular weight excluding hydrogens is 184 g/mol. The average molecular weight is 198 g/mol. The Bertz CT molecular complexity index is 278. The number of hydrogen-bond donors (Lipinski definition) is 0. The number of ether oxygens (including phenoxy) is 3. The lowest BCUT2D eigenvalue weighted by Crippen LogP contribution is -2.18. The first-order chi connectivity index (χ1) is 6.71. The fourth-order valence-electron chi connectivity index (χ4n) is 1.29. The SMILES string of the molecule is COC(=O)C1=CC(OC)=CC(OC)C1. The number of hydrogen-bond acceptors (Lipinski definition) is 4. The fraction of sp³-hybridized carbons (Fsp3) is 0.500. The van der Waals surface area contributed by atoms with Crippen LogP contribution < -0.4 is 0 Å². The standard InChI is InChI=1S/C10H14O4/c1-12-8-4-7(10(11)14-3)5-9(6-8)13-2/h4,6,9H,5H2,1-3H3. The molecule has 0 bridgehead atoms. The van der Waals surface area contributed by atoms with E-state index in [9.17, 15) is 4.79 Å². The van der Waals surface area contributed by atoms with Gasteiger partial charge in [-0.05, 0) is 12.2 Å². The molecule has 0 saturated heterocycles. The third-order valence-electron chi connectivity index (χ3n) is 2.07. The first kappa shape index (κ1) is 10.8. The fourth-order valence-corrected chi connectivity index (χ4v) is 1.29. The van der Waals surface area contributed by atoms with Crippen molar-refractivity contribution in [3.8, 4) is 0 Å². The molecule has 0 aliphatic heterocycles. The van der Waals surface area contributed by atoms with Crippen LogP contribution in [-0.2, 0) is 19.0 Å². The topological polar surface area (TPSA) is 44.8 Å². The highest BCUT2D eigenvalue weighted by atomic mass is 16.5. The van der Waals surface area contributed by atoms with Gasteiger partial charge in [0.1, 0.15) is 5.76 Å². The van der Waals surface area contributed by atoms with Crippen LogP contribution in [-0.4, -0.2) is 33.4 Å². The van der Waals surface area contributed by atoms with Gasteiger partial charge in [0, 0.05) is 19.1 Å². The molecule has 78 valence electrons. The molecular formula is C10H14O4. The van der Waals surface area contributed by atoms with E-state index in [1.807, 2.05) is 6.08 Å². The van der Waals surface area contributed by atoms with Gasteiger partial charge in [0.05, 0.1) is 20.3 Å². The zero-order valence-corrected chi connectivity index (χ0v) is 8.57. The quantitative estimate of drug-likeness (QED) is 0.635. The zero-order valence-electron chi connectivity index (χ0n) is 8.57. The molecule has 1 aliphatic carbocycles. The highest BCUT2D eigenvalue weighted by molar-refractivity contribution is 5.89. The Morgan fingerprint density at radius 3 is 2.64 bits per heavy atom. The summed E-state index contributed by atoms with van der Waals surface area (Å²) in [6.07, 6.45) is 3.90. The van der Waals surface area contributed by atoms with Gasteiger partial charge >= 0.3 is 5.97 Å². The number of allylic oxidation sites excluding steroid dienone is 1. The third kappa shape index (κ3) is 2.35. The van der Waals surface area contributed by atoms with Crippen molar-refractivity contribution >= 4 is 5.97 Å². The van der Waals surface area contributed by atoms with Gasteiger partial charge in [-0.25, -0.2) is 4.79 Å². The summed E-state index contributed by atoms with van der Waals surface area (Å²) in [6.45, 7) is 0. The Labute approximate surface area is 83.1 Å². The molecule has 1 rings (SSSR count). The smallest absolute Gasteiger partial charge is 0.333 e. The minimum atomic E-state index is -0.338. The van der Waals surface area contributed by atoms with Crippen LogP contribution in [0.25, 0.3) is 0 Å². The molecule has 0 heterocycles. The van der Waals surface area contributed by atoms with Crippen LogP contribution in [0.3, 0.4) is 0 Å². The lowest BCUT2D eigenvalue weighted by molar-refractivity contribution is -0.136. The van der Waals surface area contributed by atoms with Crippen molar-refractivity contribution in [3.05, 3.63) is 23.5 Å². The molecule has 0 aromatic carbocycles. The van der Waals surface area contributed by atoms with E-state index < -0.39 is 0 Å². The maximum absolute atomic E-state index is 11.3. The van der Waals surface area contributed by atoms with E-state index in [1.54, 1.807) is 20.3 Å². The minimum absolute atomic E-state index is 0.121. The van der Waals surface area contributed by atoms with Crippen LogP contribution in [0, 0.1) is 0 Å². The second-order valence-electron chi connectivity index (χ2n) is 2.91. The Morgan fingerprint density at radius 2 is 2.14 bits per heavy atom. The Hall–Kier alpha value is -1.29. The van der Waals surface area contributed by atoms with E-state index in [2.05, 4.69) is 4.74 Å². The minimum Gasteiger partial charge on any atom is -0.497 e. The van der Waals surface area contributed by atoms with Gasteiger partial charge in [0.25, 0.3) is 0 Å². The molecule has 0 N–H and O–H groups in total. The van der Waals surface area contributed by atoms with Gasteiger partial charge in [-0.2, -0.15) is 0 Å². The van der Waals surface area contributed by atoms with Crippen LogP contribution in [0.5, 0.6) is 0 Å².